The lowest BCUT2D eigenvalue weighted by Crippen LogP contribution is -2.52. The smallest absolute Gasteiger partial charge is 0.124 e. The van der Waals surface area contributed by atoms with Gasteiger partial charge >= 0.3 is 0 Å². The number of halogens is 2. The van der Waals surface area contributed by atoms with Gasteiger partial charge in [0.05, 0.1) is 0 Å². The van der Waals surface area contributed by atoms with Gasteiger partial charge in [-0.1, -0.05) is 15.9 Å². The Labute approximate surface area is 135 Å². The Balaban J connectivity index is 2.13. The summed E-state index contributed by atoms with van der Waals surface area (Å²) in [4.78, 5) is 4.82. The Bertz CT molecular complexity index is 449. The molecule has 2 rings (SSSR count). The van der Waals surface area contributed by atoms with Gasteiger partial charge in [-0.3, -0.25) is 0 Å². The quantitative estimate of drug-likeness (QED) is 0.892. The van der Waals surface area contributed by atoms with Crippen molar-refractivity contribution in [3.8, 4) is 0 Å². The predicted octanol–water partition coefficient (Wildman–Crippen LogP) is 2.35. The van der Waals surface area contributed by atoms with Crippen LogP contribution < -0.4 is 5.32 Å². The monoisotopic (exact) mass is 357 g/mol. The van der Waals surface area contributed by atoms with Gasteiger partial charge in [-0.2, -0.15) is 0 Å². The lowest BCUT2D eigenvalue weighted by molar-refractivity contribution is 0.181. The van der Waals surface area contributed by atoms with Crippen LogP contribution in [0.15, 0.2) is 22.7 Å². The predicted molar refractivity (Wildman–Crippen MR) is 89.2 cm³/mol. The number of nitrogens with zero attached hydrogens (tertiary/aromatic N) is 2. The molecule has 0 amide bonds. The van der Waals surface area contributed by atoms with E-state index in [1.165, 1.54) is 12.5 Å². The molecule has 5 heteroatoms. The molecule has 21 heavy (non-hydrogen) atoms. The van der Waals surface area contributed by atoms with Crippen LogP contribution in [0.2, 0.25) is 0 Å². The van der Waals surface area contributed by atoms with Gasteiger partial charge in [0.2, 0.25) is 0 Å². The molecular formula is C16H25BrFN3. The van der Waals surface area contributed by atoms with Crippen LogP contribution in [0.25, 0.3) is 0 Å². The number of likely N-dealkylation sites (N-methyl/N-ethyl adjacent to an activating group) is 3. The summed E-state index contributed by atoms with van der Waals surface area (Å²) in [5, 5.41) is 3.43. The van der Waals surface area contributed by atoms with Gasteiger partial charge in [0, 0.05) is 23.1 Å². The van der Waals surface area contributed by atoms with Gasteiger partial charge < -0.3 is 15.1 Å². The Hall–Kier alpha value is -0.490. The molecule has 0 radical (unpaired) electrons. The molecule has 1 heterocycles. The molecule has 1 fully saturated rings. The van der Waals surface area contributed by atoms with Crippen molar-refractivity contribution in [3.63, 3.8) is 0 Å². The van der Waals surface area contributed by atoms with Crippen molar-refractivity contribution in [1.82, 2.24) is 15.1 Å². The van der Waals surface area contributed by atoms with E-state index in [-0.39, 0.29) is 5.82 Å². The molecule has 1 saturated heterocycles. The maximum Gasteiger partial charge on any atom is 0.124 e. The molecule has 2 atom stereocenters. The highest BCUT2D eigenvalue weighted by atomic mass is 79.9. The van der Waals surface area contributed by atoms with E-state index in [9.17, 15) is 4.39 Å². The second kappa shape index (κ2) is 7.68. The van der Waals surface area contributed by atoms with E-state index in [0.717, 1.165) is 36.1 Å². The lowest BCUT2D eigenvalue weighted by Gasteiger charge is -2.34. The number of nitrogens with one attached hydrogen (secondary N) is 1. The SMILES string of the molecule is CNC(Cc1cc(F)cc(Br)c1)C1CN(C)CCCN1C. The summed E-state index contributed by atoms with van der Waals surface area (Å²) in [6.45, 7) is 3.29. The Morgan fingerprint density at radius 3 is 2.76 bits per heavy atom. The van der Waals surface area contributed by atoms with E-state index in [2.05, 4.69) is 45.1 Å². The summed E-state index contributed by atoms with van der Waals surface area (Å²) < 4.78 is 14.4. The van der Waals surface area contributed by atoms with E-state index in [0.29, 0.717) is 12.1 Å². The average Bonchev–Trinajstić information content (AvgIpc) is 2.57. The fourth-order valence-corrected chi connectivity index (χ4v) is 3.67. The first kappa shape index (κ1) is 16.9. The molecule has 1 aliphatic heterocycles. The van der Waals surface area contributed by atoms with E-state index < -0.39 is 0 Å². The lowest BCUT2D eigenvalue weighted by atomic mass is 9.98. The topological polar surface area (TPSA) is 18.5 Å². The molecule has 1 N–H and O–H groups in total. The first-order valence-corrected chi connectivity index (χ1v) is 8.30. The zero-order valence-electron chi connectivity index (χ0n) is 13.1. The van der Waals surface area contributed by atoms with Crippen molar-refractivity contribution >= 4 is 15.9 Å². The van der Waals surface area contributed by atoms with Crippen LogP contribution in [0.3, 0.4) is 0 Å². The maximum atomic E-state index is 13.6. The molecule has 0 bridgehead atoms. The van der Waals surface area contributed by atoms with Crippen LogP contribution >= 0.6 is 15.9 Å². The van der Waals surface area contributed by atoms with Crippen LogP contribution in [0.1, 0.15) is 12.0 Å². The van der Waals surface area contributed by atoms with Crippen LogP contribution in [-0.2, 0) is 6.42 Å². The summed E-state index contributed by atoms with van der Waals surface area (Å²) in [5.74, 6) is -0.180. The summed E-state index contributed by atoms with van der Waals surface area (Å²) >= 11 is 3.38. The standard InChI is InChI=1S/C16H25BrFN3/c1-19-15(9-12-7-13(17)10-14(18)8-12)16-11-20(2)5-4-6-21(16)3/h7-8,10,15-16,19H,4-6,9,11H2,1-3H3. The van der Waals surface area contributed by atoms with Gasteiger partial charge in [-0.25, -0.2) is 4.39 Å². The molecule has 0 aliphatic carbocycles. The third kappa shape index (κ3) is 4.74. The molecule has 0 spiro atoms. The first-order valence-electron chi connectivity index (χ1n) is 7.50. The largest absolute Gasteiger partial charge is 0.315 e. The van der Waals surface area contributed by atoms with Gasteiger partial charge in [-0.05, 0) is 70.8 Å². The van der Waals surface area contributed by atoms with E-state index in [1.54, 1.807) is 6.07 Å². The molecule has 118 valence electrons. The van der Waals surface area contributed by atoms with Crippen molar-refractivity contribution in [2.45, 2.75) is 24.9 Å². The van der Waals surface area contributed by atoms with Crippen LogP contribution in [0.4, 0.5) is 4.39 Å². The number of benzene rings is 1. The van der Waals surface area contributed by atoms with Gasteiger partial charge in [0.15, 0.2) is 0 Å². The molecule has 1 aromatic carbocycles. The zero-order valence-corrected chi connectivity index (χ0v) is 14.7. The van der Waals surface area contributed by atoms with Crippen molar-refractivity contribution < 1.29 is 4.39 Å². The highest BCUT2D eigenvalue weighted by molar-refractivity contribution is 9.10. The van der Waals surface area contributed by atoms with E-state index >= 15 is 0 Å². The second-order valence-corrected chi connectivity index (χ2v) is 6.96. The summed E-state index contributed by atoms with van der Waals surface area (Å²) in [5.41, 5.74) is 1.03. The number of hydrogen-bond acceptors (Lipinski definition) is 3. The summed E-state index contributed by atoms with van der Waals surface area (Å²) in [7, 11) is 6.37. The van der Waals surface area contributed by atoms with Crippen LogP contribution in [0, 0.1) is 5.82 Å². The number of rotatable bonds is 4. The summed E-state index contributed by atoms with van der Waals surface area (Å²) in [6.07, 6.45) is 2.03. The normalized spacial score (nSPS) is 23.0. The van der Waals surface area contributed by atoms with Gasteiger partial charge in [-0.15, -0.1) is 0 Å². The second-order valence-electron chi connectivity index (χ2n) is 6.04. The molecule has 2 unspecified atom stereocenters. The van der Waals surface area contributed by atoms with Gasteiger partial charge in [0.25, 0.3) is 0 Å². The maximum absolute atomic E-state index is 13.6. The molecular weight excluding hydrogens is 333 g/mol. The molecule has 0 aromatic heterocycles. The highest BCUT2D eigenvalue weighted by Gasteiger charge is 2.27. The zero-order chi connectivity index (χ0) is 15.4. The third-order valence-corrected chi connectivity index (χ3v) is 4.79. The van der Waals surface area contributed by atoms with Crippen molar-refractivity contribution in [2.24, 2.45) is 0 Å². The van der Waals surface area contributed by atoms with Gasteiger partial charge in [0.1, 0.15) is 5.82 Å². The Morgan fingerprint density at radius 2 is 2.10 bits per heavy atom. The van der Waals surface area contributed by atoms with E-state index in [4.69, 9.17) is 0 Å². The minimum Gasteiger partial charge on any atom is -0.315 e. The van der Waals surface area contributed by atoms with Crippen molar-refractivity contribution in [1.29, 1.82) is 0 Å². The van der Waals surface area contributed by atoms with E-state index in [1.807, 2.05) is 13.1 Å². The molecule has 1 aromatic rings. The fraction of sp³-hybridized carbons (Fsp3) is 0.625. The van der Waals surface area contributed by atoms with Crippen LogP contribution in [-0.4, -0.2) is 62.7 Å². The van der Waals surface area contributed by atoms with Crippen molar-refractivity contribution in [3.05, 3.63) is 34.1 Å². The summed E-state index contributed by atoms with van der Waals surface area (Å²) in [6, 6.07) is 5.89. The highest BCUT2D eigenvalue weighted by Crippen LogP contribution is 2.19. The molecule has 3 nitrogen and oxygen atoms in total. The third-order valence-electron chi connectivity index (χ3n) is 4.33. The van der Waals surface area contributed by atoms with Crippen LogP contribution in [0.5, 0.6) is 0 Å². The minimum atomic E-state index is -0.180. The number of hydrogen-bond donors (Lipinski definition) is 1. The average molecular weight is 358 g/mol. The molecule has 0 saturated carbocycles. The van der Waals surface area contributed by atoms with Crippen molar-refractivity contribution in [2.75, 3.05) is 40.8 Å². The molecule has 1 aliphatic rings. The Morgan fingerprint density at radius 1 is 1.33 bits per heavy atom. The fourth-order valence-electron chi connectivity index (χ4n) is 3.15. The minimum absolute atomic E-state index is 0.180. The Kier molecular flexibility index (Phi) is 6.17. The first-order chi connectivity index (χ1) is 9.99.